The van der Waals surface area contributed by atoms with Gasteiger partial charge in [0.2, 0.25) is 0 Å². The molecule has 0 atom stereocenters. The minimum absolute atomic E-state index is 0.297. The lowest BCUT2D eigenvalue weighted by Crippen LogP contribution is -2.12. The van der Waals surface area contributed by atoms with Crippen LogP contribution in [0, 0.1) is 0 Å². The molecule has 2 aromatic rings. The Morgan fingerprint density at radius 1 is 0.923 bits per heavy atom. The smallest absolute Gasteiger partial charge is 0.162 e. The molecule has 1 N–H and O–H groups in total. The molecule has 1 saturated carbocycles. The van der Waals surface area contributed by atoms with Crippen molar-refractivity contribution in [3.63, 3.8) is 0 Å². The van der Waals surface area contributed by atoms with Crippen molar-refractivity contribution in [2.75, 3.05) is 7.11 Å². The maximum absolute atomic E-state index is 9.21. The molecule has 0 heterocycles. The Bertz CT molecular complexity index is 822. The van der Waals surface area contributed by atoms with E-state index in [2.05, 4.69) is 35.5 Å². The van der Waals surface area contributed by atoms with Gasteiger partial charge in [-0.3, -0.25) is 0 Å². The Morgan fingerprint density at radius 3 is 2.46 bits per heavy atom. The maximum atomic E-state index is 9.21. The predicted octanol–water partition coefficient (Wildman–Crippen LogP) is 5.20. The summed E-state index contributed by atoms with van der Waals surface area (Å²) in [6, 6.07) is 12.5. The minimum Gasteiger partial charge on any atom is -0.493 e. The van der Waals surface area contributed by atoms with Crippen LogP contribution in [-0.4, -0.2) is 24.1 Å². The second-order valence-electron chi connectivity index (χ2n) is 7.16. The van der Waals surface area contributed by atoms with Gasteiger partial charge in [0.15, 0.2) is 11.5 Å². The number of rotatable bonds is 4. The van der Waals surface area contributed by atoms with E-state index in [9.17, 15) is 5.21 Å². The molecule has 0 saturated heterocycles. The molecule has 4 rings (SSSR count). The van der Waals surface area contributed by atoms with Crippen LogP contribution in [0.25, 0.3) is 11.1 Å². The highest BCUT2D eigenvalue weighted by molar-refractivity contribution is 6.02. The Labute approximate surface area is 154 Å². The zero-order valence-corrected chi connectivity index (χ0v) is 15.2. The normalized spacial score (nSPS) is 18.7. The van der Waals surface area contributed by atoms with Crippen LogP contribution >= 0.6 is 0 Å². The Hall–Kier alpha value is -2.49. The SMILES string of the molecule is COc1ccc(-c2ccc3c(c2)CCCC3=NO)cc1OC1CCCC1. The number of methoxy groups -OCH3 is 1. The molecule has 0 amide bonds. The predicted molar refractivity (Wildman–Crippen MR) is 103 cm³/mol. The van der Waals surface area contributed by atoms with Gasteiger partial charge in [-0.25, -0.2) is 0 Å². The second kappa shape index (κ2) is 7.40. The van der Waals surface area contributed by atoms with Crippen molar-refractivity contribution in [1.82, 2.24) is 0 Å². The number of nitrogens with zero attached hydrogens (tertiary/aromatic N) is 1. The molecule has 2 aliphatic carbocycles. The highest BCUT2D eigenvalue weighted by Crippen LogP contribution is 2.36. The van der Waals surface area contributed by atoms with Gasteiger partial charge in [-0.2, -0.15) is 0 Å². The first-order valence-electron chi connectivity index (χ1n) is 9.48. The fraction of sp³-hybridized carbons (Fsp3) is 0.409. The summed E-state index contributed by atoms with van der Waals surface area (Å²) < 4.78 is 11.7. The molecule has 0 radical (unpaired) electrons. The van der Waals surface area contributed by atoms with Crippen LogP contribution in [0.4, 0.5) is 0 Å². The van der Waals surface area contributed by atoms with E-state index in [0.717, 1.165) is 66.0 Å². The molecule has 26 heavy (non-hydrogen) atoms. The van der Waals surface area contributed by atoms with Gasteiger partial charge >= 0.3 is 0 Å². The molecule has 136 valence electrons. The summed E-state index contributed by atoms with van der Waals surface area (Å²) >= 11 is 0. The number of benzene rings is 2. The van der Waals surface area contributed by atoms with Gasteiger partial charge in [-0.15, -0.1) is 0 Å². The summed E-state index contributed by atoms with van der Waals surface area (Å²) in [5.41, 5.74) is 5.38. The van der Waals surface area contributed by atoms with Crippen molar-refractivity contribution in [2.45, 2.75) is 51.0 Å². The third-order valence-electron chi connectivity index (χ3n) is 5.49. The lowest BCUT2D eigenvalue weighted by molar-refractivity contribution is 0.201. The van der Waals surface area contributed by atoms with Crippen LogP contribution in [0.2, 0.25) is 0 Å². The van der Waals surface area contributed by atoms with Crippen molar-refractivity contribution in [2.24, 2.45) is 5.16 Å². The summed E-state index contributed by atoms with van der Waals surface area (Å²) in [6.45, 7) is 0. The summed E-state index contributed by atoms with van der Waals surface area (Å²) in [5, 5.41) is 12.7. The molecular weight excluding hydrogens is 326 g/mol. The number of oxime groups is 1. The van der Waals surface area contributed by atoms with Crippen LogP contribution in [0.15, 0.2) is 41.6 Å². The molecule has 1 fully saturated rings. The first-order chi connectivity index (χ1) is 12.8. The molecule has 4 heteroatoms. The summed E-state index contributed by atoms with van der Waals surface area (Å²) in [7, 11) is 1.69. The van der Waals surface area contributed by atoms with Crippen LogP contribution in [0.3, 0.4) is 0 Å². The third kappa shape index (κ3) is 3.28. The monoisotopic (exact) mass is 351 g/mol. The van der Waals surface area contributed by atoms with E-state index in [-0.39, 0.29) is 0 Å². The Kier molecular flexibility index (Phi) is 4.83. The number of fused-ring (bicyclic) bond motifs is 1. The standard InChI is InChI=1S/C22H25NO3/c1-25-21-12-10-16(14-22(21)26-18-6-2-3-7-18)15-9-11-19-17(13-15)5-4-8-20(19)23-24/h9-14,18,24H,2-8H2,1H3. The number of hydrogen-bond acceptors (Lipinski definition) is 4. The Balaban J connectivity index is 1.67. The van der Waals surface area contributed by atoms with E-state index in [1.807, 2.05) is 6.07 Å². The summed E-state index contributed by atoms with van der Waals surface area (Å²) in [6.07, 6.45) is 7.90. The maximum Gasteiger partial charge on any atom is 0.162 e. The van der Waals surface area contributed by atoms with Gasteiger partial charge in [0, 0.05) is 5.56 Å². The van der Waals surface area contributed by atoms with Gasteiger partial charge in [-0.05, 0) is 73.8 Å². The zero-order valence-electron chi connectivity index (χ0n) is 15.2. The van der Waals surface area contributed by atoms with E-state index in [4.69, 9.17) is 9.47 Å². The number of hydrogen-bond donors (Lipinski definition) is 1. The van der Waals surface area contributed by atoms with Gasteiger partial charge < -0.3 is 14.7 Å². The topological polar surface area (TPSA) is 51.0 Å². The zero-order chi connectivity index (χ0) is 17.9. The van der Waals surface area contributed by atoms with Gasteiger partial charge in [-0.1, -0.05) is 29.4 Å². The van der Waals surface area contributed by atoms with Gasteiger partial charge in [0.25, 0.3) is 0 Å². The molecule has 0 bridgehead atoms. The second-order valence-corrected chi connectivity index (χ2v) is 7.16. The first-order valence-corrected chi connectivity index (χ1v) is 9.48. The van der Waals surface area contributed by atoms with Crippen LogP contribution < -0.4 is 9.47 Å². The lowest BCUT2D eigenvalue weighted by atomic mass is 9.87. The fourth-order valence-electron chi connectivity index (χ4n) is 4.08. The molecule has 0 unspecified atom stereocenters. The molecule has 0 spiro atoms. The fourth-order valence-corrected chi connectivity index (χ4v) is 4.08. The summed E-state index contributed by atoms with van der Waals surface area (Å²) in [4.78, 5) is 0. The highest BCUT2D eigenvalue weighted by atomic mass is 16.5. The first kappa shape index (κ1) is 17.0. The van der Waals surface area contributed by atoms with E-state index >= 15 is 0 Å². The van der Waals surface area contributed by atoms with Crippen LogP contribution in [0.1, 0.15) is 49.7 Å². The third-order valence-corrected chi connectivity index (χ3v) is 5.49. The van der Waals surface area contributed by atoms with E-state index in [0.29, 0.717) is 6.10 Å². The molecular formula is C22H25NO3. The minimum atomic E-state index is 0.297. The van der Waals surface area contributed by atoms with Gasteiger partial charge in [0.1, 0.15) is 0 Å². The molecule has 2 aliphatic rings. The molecule has 4 nitrogen and oxygen atoms in total. The van der Waals surface area contributed by atoms with Crippen molar-refractivity contribution < 1.29 is 14.7 Å². The lowest BCUT2D eigenvalue weighted by Gasteiger charge is -2.19. The Morgan fingerprint density at radius 2 is 1.69 bits per heavy atom. The largest absolute Gasteiger partial charge is 0.493 e. The molecule has 2 aromatic carbocycles. The van der Waals surface area contributed by atoms with Crippen molar-refractivity contribution >= 4 is 5.71 Å². The van der Waals surface area contributed by atoms with Gasteiger partial charge in [0.05, 0.1) is 18.9 Å². The van der Waals surface area contributed by atoms with Crippen molar-refractivity contribution in [1.29, 1.82) is 0 Å². The average molecular weight is 351 g/mol. The van der Waals surface area contributed by atoms with Crippen LogP contribution in [0.5, 0.6) is 11.5 Å². The highest BCUT2D eigenvalue weighted by Gasteiger charge is 2.20. The number of aryl methyl sites for hydroxylation is 1. The average Bonchev–Trinajstić information content (AvgIpc) is 3.20. The summed E-state index contributed by atoms with van der Waals surface area (Å²) in [5.74, 6) is 1.61. The van der Waals surface area contributed by atoms with E-state index in [1.165, 1.54) is 18.4 Å². The number of ether oxygens (including phenoxy) is 2. The quantitative estimate of drug-likeness (QED) is 0.608. The van der Waals surface area contributed by atoms with Crippen molar-refractivity contribution in [3.05, 3.63) is 47.5 Å². The van der Waals surface area contributed by atoms with Crippen molar-refractivity contribution in [3.8, 4) is 22.6 Å². The molecule has 0 aliphatic heterocycles. The van der Waals surface area contributed by atoms with Crippen LogP contribution in [-0.2, 0) is 6.42 Å². The van der Waals surface area contributed by atoms with E-state index in [1.54, 1.807) is 7.11 Å². The molecule has 0 aromatic heterocycles. The van der Waals surface area contributed by atoms with E-state index < -0.39 is 0 Å².